The minimum atomic E-state index is 0.387. The monoisotopic (exact) mass is 222 g/mol. The van der Waals surface area contributed by atoms with Gasteiger partial charge in [-0.3, -0.25) is 0 Å². The molecule has 1 aliphatic rings. The zero-order valence-corrected chi connectivity index (χ0v) is 9.52. The van der Waals surface area contributed by atoms with Crippen LogP contribution in [-0.4, -0.2) is 29.2 Å². The molecule has 0 aliphatic carbocycles. The van der Waals surface area contributed by atoms with E-state index in [0.29, 0.717) is 17.8 Å². The summed E-state index contributed by atoms with van der Waals surface area (Å²) in [5.41, 5.74) is 5.60. The smallest absolute Gasteiger partial charge is 0.131 e. The fourth-order valence-electron chi connectivity index (χ4n) is 2.02. The zero-order chi connectivity index (χ0) is 11.4. The molecule has 2 rings (SSSR count). The number of nitrogens with zero attached hydrogens (tertiary/aromatic N) is 2. The Labute approximate surface area is 95.4 Å². The first kappa shape index (κ1) is 11.1. The Morgan fingerprint density at radius 1 is 1.44 bits per heavy atom. The molecule has 0 spiro atoms. The van der Waals surface area contributed by atoms with Crippen molar-refractivity contribution in [2.75, 3.05) is 24.3 Å². The molecule has 1 aromatic rings. The molecule has 1 unspecified atom stereocenters. The van der Waals surface area contributed by atoms with E-state index in [1.807, 2.05) is 0 Å². The Balaban J connectivity index is 1.93. The molecule has 1 aromatic heterocycles. The first-order valence-corrected chi connectivity index (χ1v) is 5.67. The highest BCUT2D eigenvalue weighted by Gasteiger charge is 2.20. The summed E-state index contributed by atoms with van der Waals surface area (Å²) in [6.45, 7) is 3.90. The van der Waals surface area contributed by atoms with Gasteiger partial charge in [-0.1, -0.05) is 0 Å². The molecule has 0 radical (unpaired) electrons. The van der Waals surface area contributed by atoms with Crippen LogP contribution in [0.5, 0.6) is 0 Å². The third-order valence-electron chi connectivity index (χ3n) is 3.04. The average molecular weight is 222 g/mol. The number of nitrogen functional groups attached to an aromatic ring is 1. The summed E-state index contributed by atoms with van der Waals surface area (Å²) < 4.78 is 5.35. The fourth-order valence-corrected chi connectivity index (χ4v) is 2.02. The summed E-state index contributed by atoms with van der Waals surface area (Å²) in [5, 5.41) is 3.37. The number of nitrogens with two attached hydrogens (primary N) is 1. The standard InChI is InChI=1S/C11H18N4O/c1-8(9-2-4-16-5-3-9)15-11-6-10(12)13-7-14-11/h6-9H,2-5H2,1H3,(H3,12,13,14,15). The van der Waals surface area contributed by atoms with Crippen LogP contribution in [0.25, 0.3) is 0 Å². The molecule has 1 saturated heterocycles. The highest BCUT2D eigenvalue weighted by molar-refractivity contribution is 5.43. The Morgan fingerprint density at radius 2 is 2.19 bits per heavy atom. The van der Waals surface area contributed by atoms with Gasteiger partial charge in [0.15, 0.2) is 0 Å². The number of anilines is 2. The van der Waals surface area contributed by atoms with Crippen molar-refractivity contribution < 1.29 is 4.74 Å². The van der Waals surface area contributed by atoms with Crippen molar-refractivity contribution in [3.63, 3.8) is 0 Å². The lowest BCUT2D eigenvalue weighted by Crippen LogP contribution is -2.31. The van der Waals surface area contributed by atoms with Crippen molar-refractivity contribution in [1.82, 2.24) is 9.97 Å². The summed E-state index contributed by atoms with van der Waals surface area (Å²) in [6.07, 6.45) is 3.69. The topological polar surface area (TPSA) is 73.1 Å². The molecule has 0 bridgehead atoms. The van der Waals surface area contributed by atoms with Crippen molar-refractivity contribution in [2.24, 2.45) is 5.92 Å². The first-order valence-electron chi connectivity index (χ1n) is 5.67. The molecule has 2 heterocycles. The summed E-state index contributed by atoms with van der Waals surface area (Å²) >= 11 is 0. The fraction of sp³-hybridized carbons (Fsp3) is 0.636. The van der Waals surface area contributed by atoms with Gasteiger partial charge in [-0.2, -0.15) is 0 Å². The maximum atomic E-state index is 5.60. The minimum Gasteiger partial charge on any atom is -0.384 e. The highest BCUT2D eigenvalue weighted by Crippen LogP contribution is 2.21. The van der Waals surface area contributed by atoms with Crippen molar-refractivity contribution in [1.29, 1.82) is 0 Å². The Bertz CT molecular complexity index is 339. The van der Waals surface area contributed by atoms with Gasteiger partial charge in [-0.25, -0.2) is 9.97 Å². The zero-order valence-electron chi connectivity index (χ0n) is 9.52. The lowest BCUT2D eigenvalue weighted by molar-refractivity contribution is 0.0622. The van der Waals surface area contributed by atoms with Crippen LogP contribution >= 0.6 is 0 Å². The van der Waals surface area contributed by atoms with Crippen LogP contribution in [0, 0.1) is 5.92 Å². The second kappa shape index (κ2) is 5.12. The molecular weight excluding hydrogens is 204 g/mol. The van der Waals surface area contributed by atoms with Gasteiger partial charge in [-0.05, 0) is 25.7 Å². The van der Waals surface area contributed by atoms with Crippen LogP contribution in [-0.2, 0) is 4.74 Å². The maximum absolute atomic E-state index is 5.60. The van der Waals surface area contributed by atoms with E-state index in [2.05, 4.69) is 22.2 Å². The van der Waals surface area contributed by atoms with Crippen LogP contribution < -0.4 is 11.1 Å². The van der Waals surface area contributed by atoms with Gasteiger partial charge < -0.3 is 15.8 Å². The molecule has 3 N–H and O–H groups in total. The quantitative estimate of drug-likeness (QED) is 0.806. The number of nitrogens with one attached hydrogen (secondary N) is 1. The highest BCUT2D eigenvalue weighted by atomic mass is 16.5. The van der Waals surface area contributed by atoms with E-state index in [-0.39, 0.29) is 0 Å². The van der Waals surface area contributed by atoms with Gasteiger partial charge in [0, 0.05) is 25.3 Å². The van der Waals surface area contributed by atoms with Gasteiger partial charge >= 0.3 is 0 Å². The van der Waals surface area contributed by atoms with Crippen molar-refractivity contribution in [3.05, 3.63) is 12.4 Å². The summed E-state index contributed by atoms with van der Waals surface area (Å²) in [7, 11) is 0. The van der Waals surface area contributed by atoms with E-state index in [1.165, 1.54) is 6.33 Å². The summed E-state index contributed by atoms with van der Waals surface area (Å²) in [4.78, 5) is 8.01. The molecule has 0 aromatic carbocycles. The van der Waals surface area contributed by atoms with Gasteiger partial charge in [0.25, 0.3) is 0 Å². The van der Waals surface area contributed by atoms with Crippen LogP contribution in [0.4, 0.5) is 11.6 Å². The normalized spacial score (nSPS) is 19.3. The van der Waals surface area contributed by atoms with E-state index in [4.69, 9.17) is 10.5 Å². The van der Waals surface area contributed by atoms with Crippen LogP contribution in [0.2, 0.25) is 0 Å². The van der Waals surface area contributed by atoms with Crippen molar-refractivity contribution in [3.8, 4) is 0 Å². The molecule has 88 valence electrons. The Kier molecular flexibility index (Phi) is 3.56. The summed E-state index contributed by atoms with van der Waals surface area (Å²) in [6, 6.07) is 2.15. The number of hydrogen-bond donors (Lipinski definition) is 2. The molecule has 1 aliphatic heterocycles. The largest absolute Gasteiger partial charge is 0.384 e. The number of hydrogen-bond acceptors (Lipinski definition) is 5. The van der Waals surface area contributed by atoms with E-state index >= 15 is 0 Å². The van der Waals surface area contributed by atoms with E-state index in [9.17, 15) is 0 Å². The second-order valence-electron chi connectivity index (χ2n) is 4.21. The predicted molar refractivity (Wildman–Crippen MR) is 63.1 cm³/mol. The Morgan fingerprint density at radius 3 is 2.88 bits per heavy atom. The third-order valence-corrected chi connectivity index (χ3v) is 3.04. The van der Waals surface area contributed by atoms with E-state index in [0.717, 1.165) is 31.9 Å². The third kappa shape index (κ3) is 2.82. The number of ether oxygens (including phenoxy) is 1. The van der Waals surface area contributed by atoms with E-state index in [1.54, 1.807) is 6.07 Å². The predicted octanol–water partition coefficient (Wildman–Crippen LogP) is 1.29. The molecule has 16 heavy (non-hydrogen) atoms. The Hall–Kier alpha value is -1.36. The summed E-state index contributed by atoms with van der Waals surface area (Å²) in [5.74, 6) is 1.94. The molecule has 5 nitrogen and oxygen atoms in total. The molecule has 0 amide bonds. The molecule has 1 atom stereocenters. The first-order chi connectivity index (χ1) is 7.75. The van der Waals surface area contributed by atoms with Gasteiger partial charge in [0.2, 0.25) is 0 Å². The van der Waals surface area contributed by atoms with Crippen molar-refractivity contribution in [2.45, 2.75) is 25.8 Å². The maximum Gasteiger partial charge on any atom is 0.131 e. The minimum absolute atomic E-state index is 0.387. The molecule has 0 saturated carbocycles. The molecule has 5 heteroatoms. The second-order valence-corrected chi connectivity index (χ2v) is 4.21. The number of aromatic nitrogens is 2. The van der Waals surface area contributed by atoms with Gasteiger partial charge in [-0.15, -0.1) is 0 Å². The van der Waals surface area contributed by atoms with Crippen molar-refractivity contribution >= 4 is 11.6 Å². The average Bonchev–Trinajstić information content (AvgIpc) is 2.30. The lowest BCUT2D eigenvalue weighted by atomic mass is 9.93. The lowest BCUT2D eigenvalue weighted by Gasteiger charge is -2.28. The van der Waals surface area contributed by atoms with Crippen LogP contribution in [0.3, 0.4) is 0 Å². The van der Waals surface area contributed by atoms with Crippen LogP contribution in [0.15, 0.2) is 12.4 Å². The van der Waals surface area contributed by atoms with E-state index < -0.39 is 0 Å². The van der Waals surface area contributed by atoms with Gasteiger partial charge in [0.05, 0.1) is 0 Å². The molecular formula is C11H18N4O. The van der Waals surface area contributed by atoms with Gasteiger partial charge in [0.1, 0.15) is 18.0 Å². The number of rotatable bonds is 3. The SMILES string of the molecule is CC(Nc1cc(N)ncn1)C1CCOCC1. The van der Waals surface area contributed by atoms with Crippen LogP contribution in [0.1, 0.15) is 19.8 Å². The molecule has 1 fully saturated rings.